The number of nitrogens with one attached hydrogen (secondary N) is 1. The van der Waals surface area contributed by atoms with E-state index in [9.17, 15) is 9.59 Å². The highest BCUT2D eigenvalue weighted by molar-refractivity contribution is 6.36. The largest absolute Gasteiger partial charge is 0.497 e. The summed E-state index contributed by atoms with van der Waals surface area (Å²) in [7, 11) is 1.59. The van der Waals surface area contributed by atoms with Crippen molar-refractivity contribution in [3.8, 4) is 5.75 Å². The molecule has 0 unspecified atom stereocenters. The van der Waals surface area contributed by atoms with E-state index in [0.29, 0.717) is 54.7 Å². The monoisotopic (exact) mass is 450 g/mol. The molecule has 0 fully saturated rings. The molecule has 2 aromatic rings. The zero-order chi connectivity index (χ0) is 23.8. The first-order chi connectivity index (χ1) is 16.0. The molecule has 0 saturated heterocycles. The SMILES string of the molecule is CCCCOCCCN1C(=O)C(Nc2ccc(C(C)C)cc2)=C(c2ccc(OC)cc2)C1=O. The van der Waals surface area contributed by atoms with E-state index >= 15 is 0 Å². The summed E-state index contributed by atoms with van der Waals surface area (Å²) in [6, 6.07) is 15.1. The Kier molecular flexibility index (Phi) is 8.66. The summed E-state index contributed by atoms with van der Waals surface area (Å²) in [6.07, 6.45) is 2.69. The summed E-state index contributed by atoms with van der Waals surface area (Å²) in [5, 5.41) is 3.22. The lowest BCUT2D eigenvalue weighted by atomic mass is 10.0. The van der Waals surface area contributed by atoms with Crippen LogP contribution in [-0.2, 0) is 14.3 Å². The Balaban J connectivity index is 1.83. The molecule has 6 nitrogen and oxygen atoms in total. The van der Waals surface area contributed by atoms with Crippen molar-refractivity contribution in [3.63, 3.8) is 0 Å². The van der Waals surface area contributed by atoms with Gasteiger partial charge in [-0.15, -0.1) is 0 Å². The molecule has 0 aliphatic carbocycles. The van der Waals surface area contributed by atoms with Crippen molar-refractivity contribution in [2.24, 2.45) is 0 Å². The van der Waals surface area contributed by atoms with Crippen molar-refractivity contribution in [2.75, 3.05) is 32.2 Å². The first kappa shape index (κ1) is 24.5. The lowest BCUT2D eigenvalue weighted by Gasteiger charge is -2.15. The van der Waals surface area contributed by atoms with Gasteiger partial charge in [-0.3, -0.25) is 14.5 Å². The summed E-state index contributed by atoms with van der Waals surface area (Å²) >= 11 is 0. The average molecular weight is 451 g/mol. The molecule has 0 radical (unpaired) electrons. The van der Waals surface area contributed by atoms with Gasteiger partial charge in [-0.2, -0.15) is 0 Å². The molecule has 1 aliphatic rings. The number of nitrogens with zero attached hydrogens (tertiary/aromatic N) is 1. The van der Waals surface area contributed by atoms with Crippen LogP contribution in [0.3, 0.4) is 0 Å². The predicted octanol–water partition coefficient (Wildman–Crippen LogP) is 5.22. The van der Waals surface area contributed by atoms with E-state index in [1.54, 1.807) is 31.4 Å². The highest BCUT2D eigenvalue weighted by Crippen LogP contribution is 2.32. The van der Waals surface area contributed by atoms with Gasteiger partial charge < -0.3 is 14.8 Å². The van der Waals surface area contributed by atoms with Crippen LogP contribution in [0.25, 0.3) is 5.57 Å². The van der Waals surface area contributed by atoms with Crippen LogP contribution in [0, 0.1) is 0 Å². The minimum Gasteiger partial charge on any atom is -0.497 e. The molecule has 176 valence electrons. The summed E-state index contributed by atoms with van der Waals surface area (Å²) in [5.74, 6) is 0.501. The number of benzene rings is 2. The molecule has 2 amide bonds. The summed E-state index contributed by atoms with van der Waals surface area (Å²) in [4.78, 5) is 27.9. The molecule has 0 saturated carbocycles. The smallest absolute Gasteiger partial charge is 0.278 e. The van der Waals surface area contributed by atoms with Gasteiger partial charge in [0.15, 0.2) is 0 Å². The van der Waals surface area contributed by atoms with E-state index in [1.807, 2.05) is 24.3 Å². The Morgan fingerprint density at radius 3 is 2.18 bits per heavy atom. The maximum atomic E-state index is 13.3. The Bertz CT molecular complexity index is 978. The maximum Gasteiger partial charge on any atom is 0.278 e. The van der Waals surface area contributed by atoms with E-state index in [1.165, 1.54) is 10.5 Å². The number of ether oxygens (including phenoxy) is 2. The standard InChI is InChI=1S/C27H34N2O4/c1-5-6-17-33-18-7-16-29-26(30)24(21-10-14-23(32-4)15-11-21)25(27(29)31)28-22-12-8-20(9-13-22)19(2)3/h8-15,19,28H,5-7,16-18H2,1-4H3. The molecule has 3 rings (SSSR count). The number of unbranched alkanes of at least 4 members (excludes halogenated alkanes) is 1. The normalized spacial score (nSPS) is 13.9. The number of carbonyl (C=O) groups is 2. The Hall–Kier alpha value is -3.12. The summed E-state index contributed by atoms with van der Waals surface area (Å²) < 4.78 is 10.8. The molecule has 1 heterocycles. The predicted molar refractivity (Wildman–Crippen MR) is 131 cm³/mol. The van der Waals surface area contributed by atoms with Crippen molar-refractivity contribution in [1.29, 1.82) is 0 Å². The molecule has 0 spiro atoms. The Morgan fingerprint density at radius 1 is 0.909 bits per heavy atom. The zero-order valence-electron chi connectivity index (χ0n) is 20.0. The van der Waals surface area contributed by atoms with Gasteiger partial charge >= 0.3 is 0 Å². The Labute approximate surface area is 196 Å². The number of anilines is 1. The second-order valence-corrected chi connectivity index (χ2v) is 8.46. The van der Waals surface area contributed by atoms with E-state index in [0.717, 1.165) is 18.5 Å². The van der Waals surface area contributed by atoms with Crippen LogP contribution in [-0.4, -0.2) is 43.6 Å². The van der Waals surface area contributed by atoms with E-state index < -0.39 is 0 Å². The van der Waals surface area contributed by atoms with Gasteiger partial charge in [0.05, 0.1) is 12.7 Å². The number of amides is 2. The van der Waals surface area contributed by atoms with Crippen LogP contribution in [0.4, 0.5) is 5.69 Å². The van der Waals surface area contributed by atoms with Crippen LogP contribution < -0.4 is 10.1 Å². The average Bonchev–Trinajstić information content (AvgIpc) is 3.05. The van der Waals surface area contributed by atoms with E-state index in [-0.39, 0.29) is 11.8 Å². The molecule has 1 aliphatic heterocycles. The quantitative estimate of drug-likeness (QED) is 0.355. The van der Waals surface area contributed by atoms with Gasteiger partial charge in [0.2, 0.25) is 0 Å². The first-order valence-electron chi connectivity index (χ1n) is 11.7. The summed E-state index contributed by atoms with van der Waals surface area (Å²) in [6.45, 7) is 7.93. The molecule has 0 aromatic heterocycles. The maximum absolute atomic E-state index is 13.3. The Morgan fingerprint density at radius 2 is 1.58 bits per heavy atom. The lowest BCUT2D eigenvalue weighted by molar-refractivity contribution is -0.137. The second-order valence-electron chi connectivity index (χ2n) is 8.46. The van der Waals surface area contributed by atoms with Gasteiger partial charge in [-0.1, -0.05) is 51.5 Å². The van der Waals surface area contributed by atoms with Crippen molar-refractivity contribution >= 4 is 23.1 Å². The molecular formula is C27H34N2O4. The van der Waals surface area contributed by atoms with Gasteiger partial charge in [0.1, 0.15) is 11.4 Å². The molecule has 0 bridgehead atoms. The molecule has 33 heavy (non-hydrogen) atoms. The highest BCUT2D eigenvalue weighted by Gasteiger charge is 2.38. The lowest BCUT2D eigenvalue weighted by Crippen LogP contribution is -2.34. The number of carbonyl (C=O) groups excluding carboxylic acids is 2. The van der Waals surface area contributed by atoms with Crippen molar-refractivity contribution in [3.05, 3.63) is 65.4 Å². The van der Waals surface area contributed by atoms with Crippen LogP contribution in [0.1, 0.15) is 57.1 Å². The molecule has 1 N–H and O–H groups in total. The number of rotatable bonds is 12. The van der Waals surface area contributed by atoms with E-state index in [4.69, 9.17) is 9.47 Å². The van der Waals surface area contributed by atoms with Crippen molar-refractivity contribution < 1.29 is 19.1 Å². The second kappa shape index (κ2) is 11.7. The molecule has 2 aromatic carbocycles. The van der Waals surface area contributed by atoms with Crippen molar-refractivity contribution in [2.45, 2.75) is 46.0 Å². The van der Waals surface area contributed by atoms with Gasteiger partial charge in [-0.05, 0) is 54.2 Å². The van der Waals surface area contributed by atoms with Gasteiger partial charge in [0.25, 0.3) is 11.8 Å². The fraction of sp³-hybridized carbons (Fsp3) is 0.407. The summed E-state index contributed by atoms with van der Waals surface area (Å²) in [5.41, 5.74) is 3.34. The first-order valence-corrected chi connectivity index (χ1v) is 11.7. The third-order valence-electron chi connectivity index (χ3n) is 5.71. The number of imide groups is 1. The van der Waals surface area contributed by atoms with E-state index in [2.05, 4.69) is 26.1 Å². The third-order valence-corrected chi connectivity index (χ3v) is 5.71. The minimum absolute atomic E-state index is 0.292. The van der Waals surface area contributed by atoms with Gasteiger partial charge in [0, 0.05) is 25.4 Å². The number of hydrogen-bond acceptors (Lipinski definition) is 5. The molecule has 0 atom stereocenters. The van der Waals surface area contributed by atoms with Gasteiger partial charge in [-0.25, -0.2) is 0 Å². The number of hydrogen-bond donors (Lipinski definition) is 1. The molecule has 6 heteroatoms. The van der Waals surface area contributed by atoms with Crippen LogP contribution in [0.15, 0.2) is 54.2 Å². The third kappa shape index (κ3) is 6.02. The minimum atomic E-state index is -0.313. The molecular weight excluding hydrogens is 416 g/mol. The number of methoxy groups -OCH3 is 1. The topological polar surface area (TPSA) is 67.9 Å². The van der Waals surface area contributed by atoms with Crippen molar-refractivity contribution in [1.82, 2.24) is 4.90 Å². The highest BCUT2D eigenvalue weighted by atomic mass is 16.5. The zero-order valence-corrected chi connectivity index (χ0v) is 20.0. The van der Waals surface area contributed by atoms with Crippen LogP contribution >= 0.6 is 0 Å². The van der Waals surface area contributed by atoms with Crippen LogP contribution in [0.5, 0.6) is 5.75 Å². The fourth-order valence-corrected chi connectivity index (χ4v) is 3.69. The fourth-order valence-electron chi connectivity index (χ4n) is 3.69. The van der Waals surface area contributed by atoms with Crippen LogP contribution in [0.2, 0.25) is 0 Å².